The minimum atomic E-state index is 0.388. The number of nitrogens with zero attached hydrogens (tertiary/aromatic N) is 1. The van der Waals surface area contributed by atoms with E-state index in [9.17, 15) is 0 Å². The number of hydrogen-bond acceptors (Lipinski definition) is 3. The number of hydrogen-bond donors (Lipinski definition) is 2. The molecule has 0 saturated heterocycles. The summed E-state index contributed by atoms with van der Waals surface area (Å²) >= 11 is 4.86. The zero-order chi connectivity index (χ0) is 12.0. The standard InChI is InChI=1S/C12H19N3S/c1-9(2)4-3-7-14-11-6-5-10(8-15-11)12(13)16/h5-6,8-9H,3-4,7H2,1-2H3,(H2,13,16)(H,14,15). The summed E-state index contributed by atoms with van der Waals surface area (Å²) in [5.74, 6) is 1.63. The number of thiocarbonyl (C=S) groups is 1. The fourth-order valence-corrected chi connectivity index (χ4v) is 1.49. The van der Waals surface area contributed by atoms with Gasteiger partial charge in [-0.25, -0.2) is 4.98 Å². The Balaban J connectivity index is 2.35. The Bertz CT molecular complexity index is 333. The minimum Gasteiger partial charge on any atom is -0.389 e. The minimum absolute atomic E-state index is 0.388. The van der Waals surface area contributed by atoms with Crippen LogP contribution in [0.1, 0.15) is 32.3 Å². The third-order valence-corrected chi connectivity index (χ3v) is 2.55. The molecule has 0 bridgehead atoms. The summed E-state index contributed by atoms with van der Waals surface area (Å²) in [6, 6.07) is 3.80. The number of aromatic nitrogens is 1. The molecule has 3 N–H and O–H groups in total. The monoisotopic (exact) mass is 237 g/mol. The average molecular weight is 237 g/mol. The molecule has 0 saturated carbocycles. The Morgan fingerprint density at radius 3 is 2.75 bits per heavy atom. The molecule has 88 valence electrons. The van der Waals surface area contributed by atoms with Crippen molar-refractivity contribution in [2.45, 2.75) is 26.7 Å². The van der Waals surface area contributed by atoms with E-state index in [0.29, 0.717) is 4.99 Å². The topological polar surface area (TPSA) is 50.9 Å². The van der Waals surface area contributed by atoms with E-state index in [1.807, 2.05) is 12.1 Å². The van der Waals surface area contributed by atoms with Crippen LogP contribution in [0.4, 0.5) is 5.82 Å². The van der Waals surface area contributed by atoms with Crippen LogP contribution in [-0.2, 0) is 0 Å². The third-order valence-electron chi connectivity index (χ3n) is 2.31. The molecule has 3 nitrogen and oxygen atoms in total. The Labute approximate surface area is 102 Å². The van der Waals surface area contributed by atoms with Crippen molar-refractivity contribution < 1.29 is 0 Å². The Morgan fingerprint density at radius 2 is 2.25 bits per heavy atom. The zero-order valence-electron chi connectivity index (χ0n) is 9.86. The second-order valence-corrected chi connectivity index (χ2v) is 4.70. The molecule has 1 aromatic rings. The smallest absolute Gasteiger partial charge is 0.125 e. The van der Waals surface area contributed by atoms with Gasteiger partial charge in [0.1, 0.15) is 10.8 Å². The van der Waals surface area contributed by atoms with Crippen molar-refractivity contribution in [1.29, 1.82) is 0 Å². The van der Waals surface area contributed by atoms with Gasteiger partial charge in [-0.2, -0.15) is 0 Å². The third kappa shape index (κ3) is 4.57. The molecule has 0 radical (unpaired) electrons. The van der Waals surface area contributed by atoms with Crippen molar-refractivity contribution in [1.82, 2.24) is 4.98 Å². The van der Waals surface area contributed by atoms with Crippen LogP contribution in [0, 0.1) is 5.92 Å². The summed E-state index contributed by atoms with van der Waals surface area (Å²) in [6.07, 6.45) is 4.10. The van der Waals surface area contributed by atoms with E-state index in [4.69, 9.17) is 18.0 Å². The number of nitrogens with two attached hydrogens (primary N) is 1. The Morgan fingerprint density at radius 1 is 1.50 bits per heavy atom. The van der Waals surface area contributed by atoms with E-state index in [0.717, 1.165) is 30.3 Å². The second-order valence-electron chi connectivity index (χ2n) is 4.26. The van der Waals surface area contributed by atoms with E-state index < -0.39 is 0 Å². The number of pyridine rings is 1. The highest BCUT2D eigenvalue weighted by molar-refractivity contribution is 7.80. The van der Waals surface area contributed by atoms with Gasteiger partial charge in [-0.15, -0.1) is 0 Å². The molecule has 0 atom stereocenters. The van der Waals surface area contributed by atoms with E-state index in [1.165, 1.54) is 6.42 Å². The molecule has 0 spiro atoms. The van der Waals surface area contributed by atoms with Crippen LogP contribution in [0.2, 0.25) is 0 Å². The summed E-state index contributed by atoms with van der Waals surface area (Å²) in [5, 5.41) is 3.27. The SMILES string of the molecule is CC(C)CCCNc1ccc(C(N)=S)cn1. The van der Waals surface area contributed by atoms with Gasteiger partial charge in [-0.3, -0.25) is 0 Å². The summed E-state index contributed by atoms with van der Waals surface area (Å²) in [4.78, 5) is 4.63. The fraction of sp³-hybridized carbons (Fsp3) is 0.500. The van der Waals surface area contributed by atoms with Crippen LogP contribution < -0.4 is 11.1 Å². The van der Waals surface area contributed by atoms with Gasteiger partial charge in [0, 0.05) is 18.3 Å². The van der Waals surface area contributed by atoms with Crippen LogP contribution >= 0.6 is 12.2 Å². The lowest BCUT2D eigenvalue weighted by atomic mass is 10.1. The highest BCUT2D eigenvalue weighted by atomic mass is 32.1. The Hall–Kier alpha value is -1.16. The van der Waals surface area contributed by atoms with E-state index in [2.05, 4.69) is 24.1 Å². The molecule has 0 aliphatic carbocycles. The van der Waals surface area contributed by atoms with Crippen molar-refractivity contribution >= 4 is 23.0 Å². The lowest BCUT2D eigenvalue weighted by molar-refractivity contribution is 0.566. The molecule has 4 heteroatoms. The van der Waals surface area contributed by atoms with Gasteiger partial charge in [0.25, 0.3) is 0 Å². The molecule has 0 amide bonds. The molecule has 0 aromatic carbocycles. The van der Waals surface area contributed by atoms with Crippen LogP contribution in [0.15, 0.2) is 18.3 Å². The van der Waals surface area contributed by atoms with Crippen molar-refractivity contribution in [3.8, 4) is 0 Å². The van der Waals surface area contributed by atoms with E-state index >= 15 is 0 Å². The van der Waals surface area contributed by atoms with Gasteiger partial charge < -0.3 is 11.1 Å². The van der Waals surface area contributed by atoms with Crippen LogP contribution in [-0.4, -0.2) is 16.5 Å². The van der Waals surface area contributed by atoms with Gasteiger partial charge in [-0.05, 0) is 30.9 Å². The van der Waals surface area contributed by atoms with Crippen molar-refractivity contribution in [2.24, 2.45) is 11.7 Å². The average Bonchev–Trinajstić information content (AvgIpc) is 2.25. The van der Waals surface area contributed by atoms with Gasteiger partial charge >= 0.3 is 0 Å². The van der Waals surface area contributed by atoms with Crippen LogP contribution in [0.25, 0.3) is 0 Å². The molecule has 1 heterocycles. The number of nitrogens with one attached hydrogen (secondary N) is 1. The number of rotatable bonds is 6. The highest BCUT2D eigenvalue weighted by Gasteiger charge is 1.98. The summed E-state index contributed by atoms with van der Waals surface area (Å²) in [5.41, 5.74) is 6.30. The van der Waals surface area contributed by atoms with Crippen molar-refractivity contribution in [2.75, 3.05) is 11.9 Å². The van der Waals surface area contributed by atoms with Gasteiger partial charge in [0.15, 0.2) is 0 Å². The maximum Gasteiger partial charge on any atom is 0.125 e. The lowest BCUT2D eigenvalue weighted by Gasteiger charge is -2.07. The molecule has 0 unspecified atom stereocenters. The zero-order valence-corrected chi connectivity index (χ0v) is 10.7. The predicted octanol–water partition coefficient (Wildman–Crippen LogP) is 2.56. The lowest BCUT2D eigenvalue weighted by Crippen LogP contribution is -2.10. The van der Waals surface area contributed by atoms with Crippen LogP contribution in [0.3, 0.4) is 0 Å². The normalized spacial score (nSPS) is 10.4. The van der Waals surface area contributed by atoms with Crippen molar-refractivity contribution in [3.63, 3.8) is 0 Å². The quantitative estimate of drug-likeness (QED) is 0.590. The molecule has 0 aliphatic rings. The number of anilines is 1. The second kappa shape index (κ2) is 6.43. The first-order valence-electron chi connectivity index (χ1n) is 5.59. The fourth-order valence-electron chi connectivity index (χ4n) is 1.37. The summed E-state index contributed by atoms with van der Waals surface area (Å²) in [6.45, 7) is 5.42. The summed E-state index contributed by atoms with van der Waals surface area (Å²) in [7, 11) is 0. The first-order valence-corrected chi connectivity index (χ1v) is 6.00. The van der Waals surface area contributed by atoms with Gasteiger partial charge in [-0.1, -0.05) is 26.1 Å². The molecular formula is C12H19N3S. The van der Waals surface area contributed by atoms with E-state index in [-0.39, 0.29) is 0 Å². The molecule has 1 rings (SSSR count). The molecule has 1 aromatic heterocycles. The maximum absolute atomic E-state index is 5.49. The maximum atomic E-state index is 5.49. The van der Waals surface area contributed by atoms with Crippen molar-refractivity contribution in [3.05, 3.63) is 23.9 Å². The largest absolute Gasteiger partial charge is 0.389 e. The highest BCUT2D eigenvalue weighted by Crippen LogP contribution is 2.07. The Kier molecular flexibility index (Phi) is 5.19. The molecule has 0 fully saturated rings. The van der Waals surface area contributed by atoms with Crippen LogP contribution in [0.5, 0.6) is 0 Å². The molecule has 16 heavy (non-hydrogen) atoms. The summed E-state index contributed by atoms with van der Waals surface area (Å²) < 4.78 is 0. The molecular weight excluding hydrogens is 218 g/mol. The predicted molar refractivity (Wildman–Crippen MR) is 72.7 cm³/mol. The molecule has 0 aliphatic heterocycles. The van der Waals surface area contributed by atoms with E-state index in [1.54, 1.807) is 6.20 Å². The first kappa shape index (κ1) is 12.9. The van der Waals surface area contributed by atoms with Gasteiger partial charge in [0.2, 0.25) is 0 Å². The van der Waals surface area contributed by atoms with Gasteiger partial charge in [0.05, 0.1) is 0 Å². The first-order chi connectivity index (χ1) is 7.59.